The van der Waals surface area contributed by atoms with Crippen molar-refractivity contribution < 1.29 is 124 Å². The molecule has 0 rings (SSSR count). The topological polar surface area (TPSA) is 309 Å². The van der Waals surface area contributed by atoms with E-state index >= 15 is 0 Å². The number of aliphatic hydroxyl groups excluding tert-OH is 2. The molecule has 0 heterocycles. The van der Waals surface area contributed by atoms with E-state index < -0.39 is 84.5 Å². The van der Waals surface area contributed by atoms with Crippen molar-refractivity contribution in [2.45, 2.75) is 96.1 Å². The molecule has 2 unspecified atom stereocenters. The fourth-order valence-corrected chi connectivity index (χ4v) is 3.04. The molecule has 0 aliphatic rings. The number of ketones is 1. The summed E-state index contributed by atoms with van der Waals surface area (Å²) in [5.74, 6) is -0.426. The number of carbonyl (C=O) groups is 4. The van der Waals surface area contributed by atoms with Crippen molar-refractivity contribution in [1.82, 2.24) is 0 Å². The number of carbonyl (C=O) groups excluding carboxylic acids is 4. The molecule has 0 saturated heterocycles. The zero-order valence-electron chi connectivity index (χ0n) is 21.5. The van der Waals surface area contributed by atoms with Gasteiger partial charge in [0.15, 0.2) is 12.1 Å². The van der Waals surface area contributed by atoms with Crippen LogP contribution in [0.2, 0.25) is 0 Å². The summed E-state index contributed by atoms with van der Waals surface area (Å²) in [6, 6.07) is -2.25. The Bertz CT molecular complexity index is 910. The number of rotatable bonds is 17. The second-order valence-corrected chi connectivity index (χ2v) is 10.2. The molecular formula is C19H36N2Na2O16S2. The van der Waals surface area contributed by atoms with Crippen molar-refractivity contribution in [3.05, 3.63) is 20.2 Å². The number of aldehydes is 3. The van der Waals surface area contributed by atoms with Crippen molar-refractivity contribution in [1.29, 1.82) is 0 Å². The van der Waals surface area contributed by atoms with Crippen LogP contribution in [0.5, 0.6) is 0 Å². The van der Waals surface area contributed by atoms with Gasteiger partial charge in [-0.3, -0.25) is 29.8 Å². The summed E-state index contributed by atoms with van der Waals surface area (Å²) in [5.41, 5.74) is -4.61. The first-order chi connectivity index (χ1) is 16.8. The molecule has 0 aliphatic carbocycles. The van der Waals surface area contributed by atoms with E-state index in [9.17, 15) is 60.6 Å². The molecule has 0 amide bonds. The van der Waals surface area contributed by atoms with Crippen LogP contribution in [0.25, 0.3) is 0 Å². The first kappa shape index (κ1) is 56.1. The first-order valence-electron chi connectivity index (χ1n) is 10.2. The van der Waals surface area contributed by atoms with Gasteiger partial charge in [-0.1, -0.05) is 14.9 Å². The molecule has 0 aromatic rings. The molecule has 41 heavy (non-hydrogen) atoms. The SMILES string of the molecule is C.C.CC(=O)C=O.O=CCCC(CCC=O)[N+](=O)[O-].O=[N+]([O-])C(CCC(O)S(=O)(=O)[O-])CCC(O)S(=O)(=O)[O-].[Na+].[Na+]. The predicted molar refractivity (Wildman–Crippen MR) is 132 cm³/mol. The average Bonchev–Trinajstić information content (AvgIpc) is 2.77. The van der Waals surface area contributed by atoms with Crippen LogP contribution in [0.15, 0.2) is 0 Å². The van der Waals surface area contributed by atoms with Crippen LogP contribution in [-0.4, -0.2) is 93.6 Å². The first-order valence-corrected chi connectivity index (χ1v) is 13.1. The molecule has 0 fully saturated rings. The van der Waals surface area contributed by atoms with Crippen molar-refractivity contribution in [2.75, 3.05) is 0 Å². The molecule has 232 valence electrons. The van der Waals surface area contributed by atoms with E-state index in [-0.39, 0.29) is 106 Å². The number of Topliss-reactive ketones (excluding diaryl/α,β-unsaturated/α-hetero) is 1. The molecule has 0 spiro atoms. The summed E-state index contributed by atoms with van der Waals surface area (Å²) >= 11 is 0. The van der Waals surface area contributed by atoms with Gasteiger partial charge in [0, 0.05) is 55.3 Å². The largest absolute Gasteiger partial charge is 1.00 e. The summed E-state index contributed by atoms with van der Waals surface area (Å²) in [6.45, 7) is 1.22. The molecule has 2 atom stereocenters. The maximum atomic E-state index is 10.6. The number of nitrogens with zero attached hydrogens (tertiary/aromatic N) is 2. The fourth-order valence-electron chi connectivity index (χ4n) is 2.19. The number of aliphatic hydroxyl groups is 2. The monoisotopic (exact) mass is 658 g/mol. The van der Waals surface area contributed by atoms with E-state index in [4.69, 9.17) is 15.0 Å². The smallest absolute Gasteiger partial charge is 0.746 e. The van der Waals surface area contributed by atoms with Gasteiger partial charge in [0.2, 0.25) is 12.1 Å². The molecule has 0 aromatic carbocycles. The van der Waals surface area contributed by atoms with Crippen molar-refractivity contribution in [3.8, 4) is 0 Å². The number of hydrogen-bond acceptors (Lipinski definition) is 16. The van der Waals surface area contributed by atoms with E-state index in [0.717, 1.165) is 0 Å². The quantitative estimate of drug-likeness (QED) is 0.0366. The average molecular weight is 659 g/mol. The van der Waals surface area contributed by atoms with E-state index in [1.807, 2.05) is 0 Å². The predicted octanol–water partition coefficient (Wildman–Crippen LogP) is -6.44. The minimum Gasteiger partial charge on any atom is -0.746 e. The summed E-state index contributed by atoms with van der Waals surface area (Å²) in [7, 11) is -9.98. The van der Waals surface area contributed by atoms with Crippen LogP contribution in [0, 0.1) is 20.2 Å². The molecule has 0 saturated carbocycles. The third-order valence-corrected chi connectivity index (χ3v) is 5.96. The van der Waals surface area contributed by atoms with E-state index in [1.165, 1.54) is 6.92 Å². The van der Waals surface area contributed by atoms with Crippen LogP contribution in [0.4, 0.5) is 0 Å². The normalized spacial score (nSPS) is 12.1. The zero-order valence-corrected chi connectivity index (χ0v) is 27.2. The Hall–Kier alpha value is -0.780. The van der Waals surface area contributed by atoms with Crippen LogP contribution < -0.4 is 59.1 Å². The molecule has 0 radical (unpaired) electrons. The summed E-state index contributed by atoms with van der Waals surface area (Å²) in [5, 5.41) is 38.7. The van der Waals surface area contributed by atoms with E-state index in [2.05, 4.69) is 0 Å². The van der Waals surface area contributed by atoms with Gasteiger partial charge in [-0.15, -0.1) is 0 Å². The Balaban J connectivity index is -0.0000000949. The molecule has 0 aliphatic heterocycles. The van der Waals surface area contributed by atoms with Crippen molar-refractivity contribution >= 4 is 44.9 Å². The van der Waals surface area contributed by atoms with Gasteiger partial charge in [0.1, 0.15) is 43.7 Å². The summed E-state index contributed by atoms with van der Waals surface area (Å²) < 4.78 is 62.3. The summed E-state index contributed by atoms with van der Waals surface area (Å²) in [4.78, 5) is 58.0. The van der Waals surface area contributed by atoms with Crippen LogP contribution in [0.1, 0.15) is 73.1 Å². The van der Waals surface area contributed by atoms with E-state index in [1.54, 1.807) is 0 Å². The minimum absolute atomic E-state index is 0. The molecule has 0 aromatic heterocycles. The van der Waals surface area contributed by atoms with Gasteiger partial charge in [-0.05, 0) is 12.8 Å². The Morgan fingerprint density at radius 2 is 0.951 bits per heavy atom. The maximum absolute atomic E-state index is 10.6. The van der Waals surface area contributed by atoms with Crippen LogP contribution in [0.3, 0.4) is 0 Å². The molecule has 2 N–H and O–H groups in total. The van der Waals surface area contributed by atoms with Gasteiger partial charge in [0.05, 0.1) is 0 Å². The summed E-state index contributed by atoms with van der Waals surface area (Å²) in [6.07, 6.45) is -0.0730. The van der Waals surface area contributed by atoms with Crippen LogP contribution >= 0.6 is 0 Å². The second kappa shape index (κ2) is 30.7. The third-order valence-electron chi connectivity index (χ3n) is 4.16. The Morgan fingerprint density at radius 3 is 1.12 bits per heavy atom. The van der Waals surface area contributed by atoms with Gasteiger partial charge in [-0.2, -0.15) is 0 Å². The second-order valence-electron chi connectivity index (χ2n) is 7.14. The zero-order chi connectivity index (χ0) is 29.8. The minimum atomic E-state index is -4.99. The van der Waals surface area contributed by atoms with Gasteiger partial charge < -0.3 is 28.9 Å². The fraction of sp³-hybridized carbons (Fsp3) is 0.789. The van der Waals surface area contributed by atoms with E-state index in [0.29, 0.717) is 12.6 Å². The molecule has 0 bridgehead atoms. The Kier molecular flexibility index (Phi) is 41.9. The van der Waals surface area contributed by atoms with Gasteiger partial charge in [-0.25, -0.2) is 16.8 Å². The molecular weight excluding hydrogens is 622 g/mol. The standard InChI is InChI=1S/C7H15NO10S2.C7H11NO4.C3H4O2.2CH4.2Na/c9-6(19(13,14)15)3-1-5(8(11)12)2-4-7(10)20(16,17)18;9-5-1-3-7(8(11)12)4-2-6-10;1-3(5)2-4;;;;/h5-7,9-10H,1-4H2,(H,13,14,15)(H,16,17,18);5-7H,1-4H2;2H,1H3;2*1H4;;/q;;;;;2*+1/p-2. The van der Waals surface area contributed by atoms with Crippen LogP contribution in [-0.2, 0) is 39.4 Å². The Labute approximate surface area is 283 Å². The van der Waals surface area contributed by atoms with Crippen molar-refractivity contribution in [3.63, 3.8) is 0 Å². The third kappa shape index (κ3) is 35.3. The molecule has 18 nitrogen and oxygen atoms in total. The maximum Gasteiger partial charge on any atom is 1.00 e. The number of nitro groups is 2. The Morgan fingerprint density at radius 1 is 0.707 bits per heavy atom. The van der Waals surface area contributed by atoms with Gasteiger partial charge in [0.25, 0.3) is 0 Å². The molecule has 22 heteroatoms. The van der Waals surface area contributed by atoms with Gasteiger partial charge >= 0.3 is 59.1 Å². The van der Waals surface area contributed by atoms with Crippen molar-refractivity contribution in [2.24, 2.45) is 0 Å². The number of hydrogen-bond donors (Lipinski definition) is 2.